The second-order valence-electron chi connectivity index (χ2n) is 13.4. The Bertz CT molecular complexity index is 1850. The molecule has 0 radical (unpaired) electrons. The molecule has 2 N–H and O–H groups in total. The van der Waals surface area contributed by atoms with Gasteiger partial charge in [0.15, 0.2) is 0 Å². The normalized spacial score (nSPS) is 20.9. The molecule has 0 bridgehead atoms. The average Bonchev–Trinajstić information content (AvgIpc) is 3.26. The van der Waals surface area contributed by atoms with E-state index in [1.54, 1.807) is 57.7 Å². The Balaban J connectivity index is 1.34. The quantitative estimate of drug-likeness (QED) is 0.0757. The maximum Gasteiger partial charge on any atom is 0.475 e. The molecule has 0 spiro atoms. The minimum absolute atomic E-state index is 0.00186. The van der Waals surface area contributed by atoms with Crippen LogP contribution in [0.15, 0.2) is 133 Å². The van der Waals surface area contributed by atoms with Gasteiger partial charge in [-0.15, -0.1) is 0 Å². The molecule has 6 atom stereocenters. The second-order valence-corrected chi connectivity index (χ2v) is 15.0. The number of aliphatic hydroxyl groups is 2. The van der Waals surface area contributed by atoms with Crippen molar-refractivity contribution in [3.8, 4) is 17.2 Å². The van der Waals surface area contributed by atoms with Gasteiger partial charge in [0.25, 0.3) is 0 Å². The Labute approximate surface area is 333 Å². The molecule has 0 saturated heterocycles. The fourth-order valence-electron chi connectivity index (χ4n) is 6.30. The molecule has 1 fully saturated rings. The highest BCUT2D eigenvalue weighted by Gasteiger charge is 2.55. The summed E-state index contributed by atoms with van der Waals surface area (Å²) in [6, 6.07) is 40.0. The zero-order valence-electron chi connectivity index (χ0n) is 32.1. The standard InChI is InChI=1S/C44H49O12P/c1-48-36-20-14-33(15-21-36)26-51-41-39(45)42(52-27-34-16-22-37(49-2)23-17-34)44(43(40(41)46)53-28-35-18-24-38(50-3)25-19-35)56-57(47,54-29-31-10-6-4-7-11-31)55-30-32-12-8-5-9-13-32/h4-25,39-46H,26-30H2,1-3H3/t39-,40-,41?,42-,43+,44?/m1/s1. The first-order chi connectivity index (χ1) is 27.8. The first-order valence-electron chi connectivity index (χ1n) is 18.5. The first-order valence-corrected chi connectivity index (χ1v) is 20.0. The molecule has 12 nitrogen and oxygen atoms in total. The molecule has 5 aromatic carbocycles. The third kappa shape index (κ3) is 11.7. The smallest absolute Gasteiger partial charge is 0.475 e. The molecule has 0 amide bonds. The Morgan fingerprint density at radius 3 is 1.07 bits per heavy atom. The first kappa shape index (κ1) is 42.0. The van der Waals surface area contributed by atoms with Gasteiger partial charge < -0.3 is 38.6 Å². The van der Waals surface area contributed by atoms with Crippen molar-refractivity contribution in [1.29, 1.82) is 0 Å². The lowest BCUT2D eigenvalue weighted by Gasteiger charge is -2.47. The van der Waals surface area contributed by atoms with Crippen molar-refractivity contribution in [1.82, 2.24) is 0 Å². The summed E-state index contributed by atoms with van der Waals surface area (Å²) in [7, 11) is 0.214. The van der Waals surface area contributed by atoms with Crippen LogP contribution < -0.4 is 14.2 Å². The predicted octanol–water partition coefficient (Wildman–Crippen LogP) is 7.43. The number of phosphoric ester groups is 1. The fraction of sp³-hybridized carbons (Fsp3) is 0.318. The molecule has 6 rings (SSSR count). The van der Waals surface area contributed by atoms with E-state index in [0.717, 1.165) is 27.8 Å². The van der Waals surface area contributed by atoms with E-state index in [2.05, 4.69) is 0 Å². The van der Waals surface area contributed by atoms with Gasteiger partial charge >= 0.3 is 7.82 Å². The molecule has 2 unspecified atom stereocenters. The van der Waals surface area contributed by atoms with Gasteiger partial charge in [0, 0.05) is 0 Å². The van der Waals surface area contributed by atoms with Crippen LogP contribution in [0.3, 0.4) is 0 Å². The molecule has 0 aliphatic heterocycles. The highest BCUT2D eigenvalue weighted by molar-refractivity contribution is 7.48. The van der Waals surface area contributed by atoms with Gasteiger partial charge in [-0.05, 0) is 64.2 Å². The van der Waals surface area contributed by atoms with Gasteiger partial charge in [-0.1, -0.05) is 97.1 Å². The van der Waals surface area contributed by atoms with Crippen molar-refractivity contribution < 1.29 is 56.8 Å². The lowest BCUT2D eigenvalue weighted by molar-refractivity contribution is -0.259. The van der Waals surface area contributed by atoms with Crippen molar-refractivity contribution in [2.45, 2.75) is 69.7 Å². The number of methoxy groups -OCH3 is 3. The van der Waals surface area contributed by atoms with Crippen molar-refractivity contribution in [3.05, 3.63) is 161 Å². The molecular weight excluding hydrogens is 751 g/mol. The molecule has 1 saturated carbocycles. The topological polar surface area (TPSA) is 141 Å². The van der Waals surface area contributed by atoms with Crippen LogP contribution in [-0.2, 0) is 65.4 Å². The SMILES string of the molecule is COc1ccc(COC2[C@@H](O)[C@H](OCc3ccc(OC)cc3)C(OP(=O)(OCc3ccccc3)OCc3ccccc3)[C@H](OCc3ccc(OC)cc3)[C@@H]2O)cc1. The minimum Gasteiger partial charge on any atom is -0.497 e. The monoisotopic (exact) mass is 800 g/mol. The van der Waals surface area contributed by atoms with E-state index in [-0.39, 0.29) is 33.0 Å². The predicted molar refractivity (Wildman–Crippen MR) is 212 cm³/mol. The van der Waals surface area contributed by atoms with Crippen molar-refractivity contribution in [2.75, 3.05) is 21.3 Å². The number of benzene rings is 5. The van der Waals surface area contributed by atoms with E-state index in [4.69, 9.17) is 42.0 Å². The van der Waals surface area contributed by atoms with E-state index >= 15 is 0 Å². The van der Waals surface area contributed by atoms with Crippen LogP contribution in [0, 0.1) is 0 Å². The summed E-state index contributed by atoms with van der Waals surface area (Å²) in [5.74, 6) is 1.99. The highest BCUT2D eigenvalue weighted by Crippen LogP contribution is 2.54. The number of hydrogen-bond acceptors (Lipinski definition) is 12. The number of aliphatic hydroxyl groups excluding tert-OH is 2. The zero-order valence-corrected chi connectivity index (χ0v) is 33.0. The summed E-state index contributed by atoms with van der Waals surface area (Å²) in [5, 5.41) is 24.2. The Hall–Kier alpha value is -4.59. The Kier molecular flexibility index (Phi) is 15.3. The summed E-state index contributed by atoms with van der Waals surface area (Å²) < 4.78 is 68.4. The maximum atomic E-state index is 14.9. The van der Waals surface area contributed by atoms with Gasteiger partial charge in [-0.25, -0.2) is 4.57 Å². The van der Waals surface area contributed by atoms with E-state index < -0.39 is 44.4 Å². The molecule has 0 heterocycles. The van der Waals surface area contributed by atoms with E-state index in [9.17, 15) is 14.8 Å². The van der Waals surface area contributed by atoms with Gasteiger partial charge in [-0.2, -0.15) is 0 Å². The molecule has 0 aromatic heterocycles. The van der Waals surface area contributed by atoms with E-state index in [1.165, 1.54) is 0 Å². The van der Waals surface area contributed by atoms with Crippen LogP contribution in [0.1, 0.15) is 27.8 Å². The summed E-state index contributed by atoms with van der Waals surface area (Å²) >= 11 is 0. The summed E-state index contributed by atoms with van der Waals surface area (Å²) in [4.78, 5) is 0. The Morgan fingerprint density at radius 2 is 0.737 bits per heavy atom. The zero-order chi connectivity index (χ0) is 40.0. The van der Waals surface area contributed by atoms with Gasteiger partial charge in [0.05, 0.1) is 54.4 Å². The highest BCUT2D eigenvalue weighted by atomic mass is 31.2. The third-order valence-electron chi connectivity index (χ3n) is 9.51. The van der Waals surface area contributed by atoms with Gasteiger partial charge in [0.1, 0.15) is 53.9 Å². The number of hydrogen-bond donors (Lipinski definition) is 2. The van der Waals surface area contributed by atoms with Crippen LogP contribution in [0.4, 0.5) is 0 Å². The van der Waals surface area contributed by atoms with Gasteiger partial charge in [-0.3, -0.25) is 13.6 Å². The molecule has 1 aliphatic carbocycles. The van der Waals surface area contributed by atoms with Crippen LogP contribution in [0.2, 0.25) is 0 Å². The average molecular weight is 801 g/mol. The van der Waals surface area contributed by atoms with E-state index in [1.807, 2.05) is 97.1 Å². The lowest BCUT2D eigenvalue weighted by Crippen LogP contribution is -2.66. The maximum absolute atomic E-state index is 14.9. The minimum atomic E-state index is -4.52. The van der Waals surface area contributed by atoms with Crippen LogP contribution in [0.25, 0.3) is 0 Å². The van der Waals surface area contributed by atoms with E-state index in [0.29, 0.717) is 17.2 Å². The summed E-state index contributed by atoms with van der Waals surface area (Å²) in [6.07, 6.45) is -8.18. The number of rotatable bonds is 20. The third-order valence-corrected chi connectivity index (χ3v) is 10.9. The summed E-state index contributed by atoms with van der Waals surface area (Å²) in [6.45, 7) is -0.208. The molecular formula is C44H49O12P. The van der Waals surface area contributed by atoms with Crippen molar-refractivity contribution in [2.24, 2.45) is 0 Å². The molecule has 57 heavy (non-hydrogen) atoms. The largest absolute Gasteiger partial charge is 0.497 e. The number of ether oxygens (including phenoxy) is 6. The van der Waals surface area contributed by atoms with Crippen LogP contribution in [-0.4, -0.2) is 68.2 Å². The molecule has 302 valence electrons. The van der Waals surface area contributed by atoms with Crippen molar-refractivity contribution >= 4 is 7.82 Å². The Morgan fingerprint density at radius 1 is 0.421 bits per heavy atom. The molecule has 5 aromatic rings. The fourth-order valence-corrected chi connectivity index (χ4v) is 7.65. The van der Waals surface area contributed by atoms with Crippen molar-refractivity contribution in [3.63, 3.8) is 0 Å². The van der Waals surface area contributed by atoms with Crippen LogP contribution >= 0.6 is 7.82 Å². The van der Waals surface area contributed by atoms with Gasteiger partial charge in [0.2, 0.25) is 0 Å². The van der Waals surface area contributed by atoms with Crippen LogP contribution in [0.5, 0.6) is 17.2 Å². The molecule has 1 aliphatic rings. The summed E-state index contributed by atoms with van der Waals surface area (Å²) in [5.41, 5.74) is 3.72. The molecule has 13 heteroatoms. The lowest BCUT2D eigenvalue weighted by atomic mass is 9.84. The second kappa shape index (κ2) is 20.7. The number of phosphoric acid groups is 1.